The standard InChI is InChI=1S/C28H23F2N5O3S/c29-23-14-24(30)16-25(15-23)35-28(36)27(22-8-6-20(17-31)7-9-22)26(18-32-35)33-10-12-34(13-11-33)39(37,38)19-21-4-2-1-3-5-21/h1-9,14-16,18H,10-13,19H2. The van der Waals surface area contributed by atoms with Crippen molar-refractivity contribution in [1.29, 1.82) is 5.26 Å². The first kappa shape index (κ1) is 26.2. The molecule has 1 fully saturated rings. The number of rotatable bonds is 6. The van der Waals surface area contributed by atoms with Gasteiger partial charge in [-0.25, -0.2) is 17.2 Å². The molecule has 0 N–H and O–H groups in total. The van der Waals surface area contributed by atoms with Crippen LogP contribution in [-0.2, 0) is 15.8 Å². The first-order valence-corrected chi connectivity index (χ1v) is 13.7. The molecule has 0 bridgehead atoms. The third-order valence-corrected chi connectivity index (χ3v) is 8.37. The highest BCUT2D eigenvalue weighted by atomic mass is 32.2. The molecule has 198 valence electrons. The first-order valence-electron chi connectivity index (χ1n) is 12.1. The van der Waals surface area contributed by atoms with E-state index >= 15 is 0 Å². The normalized spacial score (nSPS) is 14.2. The molecule has 5 rings (SSSR count). The van der Waals surface area contributed by atoms with Crippen molar-refractivity contribution in [2.24, 2.45) is 0 Å². The van der Waals surface area contributed by atoms with E-state index in [2.05, 4.69) is 5.10 Å². The first-order chi connectivity index (χ1) is 18.7. The van der Waals surface area contributed by atoms with Crippen molar-refractivity contribution < 1.29 is 17.2 Å². The maximum Gasteiger partial charge on any atom is 0.281 e. The van der Waals surface area contributed by atoms with E-state index in [9.17, 15) is 27.3 Å². The molecule has 1 aliphatic rings. The minimum atomic E-state index is -3.55. The number of benzene rings is 3. The molecule has 4 aromatic rings. The van der Waals surface area contributed by atoms with Crippen LogP contribution < -0.4 is 10.5 Å². The van der Waals surface area contributed by atoms with Gasteiger partial charge < -0.3 is 4.90 Å². The highest BCUT2D eigenvalue weighted by Gasteiger charge is 2.29. The second-order valence-electron chi connectivity index (χ2n) is 9.07. The van der Waals surface area contributed by atoms with Crippen molar-refractivity contribution in [3.63, 3.8) is 0 Å². The highest BCUT2D eigenvalue weighted by Crippen LogP contribution is 2.29. The fourth-order valence-electron chi connectivity index (χ4n) is 4.60. The SMILES string of the molecule is N#Cc1ccc(-c2c(N3CCN(S(=O)(=O)Cc4ccccc4)CC3)cnn(-c3cc(F)cc(F)c3)c2=O)cc1. The lowest BCUT2D eigenvalue weighted by Crippen LogP contribution is -2.49. The van der Waals surface area contributed by atoms with E-state index in [-0.39, 0.29) is 30.1 Å². The second-order valence-corrected chi connectivity index (χ2v) is 11.0. The third-order valence-electron chi connectivity index (χ3n) is 6.52. The van der Waals surface area contributed by atoms with Gasteiger partial charge in [0.1, 0.15) is 11.6 Å². The van der Waals surface area contributed by atoms with Crippen molar-refractivity contribution in [1.82, 2.24) is 14.1 Å². The zero-order valence-electron chi connectivity index (χ0n) is 20.7. The summed E-state index contributed by atoms with van der Waals surface area (Å²) in [6.45, 7) is 1.02. The van der Waals surface area contributed by atoms with Crippen LogP contribution in [0.5, 0.6) is 0 Å². The van der Waals surface area contributed by atoms with Crippen LogP contribution in [0.15, 0.2) is 83.8 Å². The lowest BCUT2D eigenvalue weighted by atomic mass is 10.0. The topological polar surface area (TPSA) is 99.3 Å². The van der Waals surface area contributed by atoms with Crippen LogP contribution >= 0.6 is 0 Å². The number of hydrogen-bond acceptors (Lipinski definition) is 6. The molecule has 2 heterocycles. The lowest BCUT2D eigenvalue weighted by Gasteiger charge is -2.36. The molecule has 0 radical (unpaired) electrons. The Morgan fingerprint density at radius 3 is 2.15 bits per heavy atom. The Balaban J connectivity index is 1.49. The van der Waals surface area contributed by atoms with E-state index < -0.39 is 27.2 Å². The Morgan fingerprint density at radius 2 is 1.54 bits per heavy atom. The maximum atomic E-state index is 13.9. The number of anilines is 1. The van der Waals surface area contributed by atoms with Crippen LogP contribution in [0.1, 0.15) is 11.1 Å². The van der Waals surface area contributed by atoms with Crippen LogP contribution in [0.2, 0.25) is 0 Å². The molecule has 1 saturated heterocycles. The molecular formula is C28H23F2N5O3S. The molecule has 3 aromatic carbocycles. The number of hydrogen-bond donors (Lipinski definition) is 0. The molecule has 11 heteroatoms. The smallest absolute Gasteiger partial charge is 0.281 e. The van der Waals surface area contributed by atoms with Crippen molar-refractivity contribution in [2.45, 2.75) is 5.75 Å². The number of halogens is 2. The molecule has 0 atom stereocenters. The molecule has 8 nitrogen and oxygen atoms in total. The zero-order valence-corrected chi connectivity index (χ0v) is 21.5. The van der Waals surface area contributed by atoms with Gasteiger partial charge in [-0.2, -0.15) is 19.3 Å². The largest absolute Gasteiger partial charge is 0.367 e. The van der Waals surface area contributed by atoms with E-state index in [0.717, 1.165) is 16.8 Å². The summed E-state index contributed by atoms with van der Waals surface area (Å²) < 4.78 is 56.2. The Hall–Kier alpha value is -4.40. The van der Waals surface area contributed by atoms with Gasteiger partial charge >= 0.3 is 0 Å². The lowest BCUT2D eigenvalue weighted by molar-refractivity contribution is 0.384. The van der Waals surface area contributed by atoms with Gasteiger partial charge in [0.2, 0.25) is 10.0 Å². The molecule has 0 saturated carbocycles. The Kier molecular flexibility index (Phi) is 7.24. The van der Waals surface area contributed by atoms with Crippen molar-refractivity contribution in [3.8, 4) is 22.9 Å². The molecule has 0 aliphatic carbocycles. The number of nitrogens with zero attached hydrogens (tertiary/aromatic N) is 5. The fourth-order valence-corrected chi connectivity index (χ4v) is 6.11. The monoisotopic (exact) mass is 547 g/mol. The van der Waals surface area contributed by atoms with E-state index in [1.165, 1.54) is 10.5 Å². The van der Waals surface area contributed by atoms with Crippen molar-refractivity contribution in [3.05, 3.63) is 112 Å². The van der Waals surface area contributed by atoms with Crippen LogP contribution in [-0.4, -0.2) is 48.7 Å². The Labute approximate surface area is 224 Å². The van der Waals surface area contributed by atoms with Gasteiger partial charge in [0.25, 0.3) is 5.56 Å². The van der Waals surface area contributed by atoms with Gasteiger partial charge in [-0.3, -0.25) is 4.79 Å². The van der Waals surface area contributed by atoms with E-state index in [0.29, 0.717) is 41.5 Å². The van der Waals surface area contributed by atoms with E-state index in [4.69, 9.17) is 0 Å². The van der Waals surface area contributed by atoms with Crippen molar-refractivity contribution in [2.75, 3.05) is 31.1 Å². The number of aromatic nitrogens is 2. The zero-order chi connectivity index (χ0) is 27.6. The number of piperazine rings is 1. The van der Waals surface area contributed by atoms with Crippen LogP contribution in [0.3, 0.4) is 0 Å². The fraction of sp³-hybridized carbons (Fsp3) is 0.179. The summed E-state index contributed by atoms with van der Waals surface area (Å²) in [6.07, 6.45) is 1.44. The summed E-state index contributed by atoms with van der Waals surface area (Å²) in [6, 6.07) is 20.1. The van der Waals surface area contributed by atoms with Gasteiger partial charge in [-0.05, 0) is 35.4 Å². The molecule has 1 aliphatic heterocycles. The van der Waals surface area contributed by atoms with Gasteiger partial charge in [0.05, 0.1) is 40.5 Å². The average molecular weight is 548 g/mol. The summed E-state index contributed by atoms with van der Waals surface area (Å²) >= 11 is 0. The summed E-state index contributed by atoms with van der Waals surface area (Å²) in [5.41, 5.74) is 1.58. The Morgan fingerprint density at radius 1 is 0.897 bits per heavy atom. The van der Waals surface area contributed by atoms with Gasteiger partial charge in [-0.15, -0.1) is 0 Å². The average Bonchev–Trinajstić information content (AvgIpc) is 2.93. The molecule has 0 amide bonds. The summed E-state index contributed by atoms with van der Waals surface area (Å²) in [7, 11) is -3.55. The number of sulfonamides is 1. The quantitative estimate of drug-likeness (QED) is 0.365. The van der Waals surface area contributed by atoms with E-state index in [1.807, 2.05) is 17.0 Å². The third kappa shape index (κ3) is 5.57. The molecule has 0 spiro atoms. The van der Waals surface area contributed by atoms with Crippen molar-refractivity contribution >= 4 is 15.7 Å². The number of nitriles is 1. The maximum absolute atomic E-state index is 13.9. The molecule has 1 aromatic heterocycles. The van der Waals surface area contributed by atoms with Gasteiger partial charge in [-0.1, -0.05) is 42.5 Å². The van der Waals surface area contributed by atoms with Crippen LogP contribution in [0.4, 0.5) is 14.5 Å². The highest BCUT2D eigenvalue weighted by molar-refractivity contribution is 7.88. The van der Waals surface area contributed by atoms with Gasteiger partial charge in [0, 0.05) is 32.2 Å². The van der Waals surface area contributed by atoms with Gasteiger partial charge in [0.15, 0.2) is 0 Å². The van der Waals surface area contributed by atoms with E-state index in [1.54, 1.807) is 48.5 Å². The predicted octanol–water partition coefficient (Wildman–Crippen LogP) is 3.70. The predicted molar refractivity (Wildman–Crippen MR) is 143 cm³/mol. The minimum Gasteiger partial charge on any atom is -0.367 e. The molecular weight excluding hydrogens is 524 g/mol. The van der Waals surface area contributed by atoms with Crippen LogP contribution in [0, 0.1) is 23.0 Å². The van der Waals surface area contributed by atoms with Crippen LogP contribution in [0.25, 0.3) is 16.8 Å². The summed E-state index contributed by atoms with van der Waals surface area (Å²) in [5.74, 6) is -1.81. The molecule has 39 heavy (non-hydrogen) atoms. The Bertz CT molecular complexity index is 1690. The minimum absolute atomic E-state index is 0.0734. The molecule has 0 unspecified atom stereocenters. The summed E-state index contributed by atoms with van der Waals surface area (Å²) in [5, 5.41) is 13.4. The second kappa shape index (κ2) is 10.8. The summed E-state index contributed by atoms with van der Waals surface area (Å²) in [4.78, 5) is 15.6.